The summed E-state index contributed by atoms with van der Waals surface area (Å²) in [6.45, 7) is 0. The minimum Gasteiger partial charge on any atom is -0.303 e. The number of fused-ring (bicyclic) bond motifs is 1. The summed E-state index contributed by atoms with van der Waals surface area (Å²) in [6.07, 6.45) is -0.216. The number of aromatic nitrogens is 3. The highest BCUT2D eigenvalue weighted by Crippen LogP contribution is 2.48. The van der Waals surface area contributed by atoms with Gasteiger partial charge in [-0.05, 0) is 55.7 Å². The van der Waals surface area contributed by atoms with Gasteiger partial charge in [-0.25, -0.2) is 4.98 Å². The second-order valence-corrected chi connectivity index (χ2v) is 7.85. The summed E-state index contributed by atoms with van der Waals surface area (Å²) in [5, 5.41) is 16.7. The number of nitriles is 1. The van der Waals surface area contributed by atoms with Crippen molar-refractivity contribution >= 4 is 45.5 Å². The van der Waals surface area contributed by atoms with Crippen molar-refractivity contribution in [2.45, 2.75) is 31.0 Å². The number of carbonyl (C=O) groups is 1. The van der Waals surface area contributed by atoms with Crippen molar-refractivity contribution in [3.63, 3.8) is 0 Å². The molecule has 31 heavy (non-hydrogen) atoms. The van der Waals surface area contributed by atoms with Crippen molar-refractivity contribution in [2.75, 3.05) is 9.80 Å². The number of nitrogens with one attached hydrogen (secondary N) is 1. The first-order valence-corrected chi connectivity index (χ1v) is 9.76. The Morgan fingerprint density at radius 3 is 2.61 bits per heavy atom. The van der Waals surface area contributed by atoms with E-state index in [1.54, 1.807) is 17.2 Å². The average Bonchev–Trinajstić information content (AvgIpc) is 3.26. The van der Waals surface area contributed by atoms with E-state index in [1.165, 1.54) is 6.07 Å². The standard InChI is InChI=1S/C20H13F3N6OS/c21-20(22,23)14-7-13(10-25-16(14)8-24)28-17(30)19(4-1-5-19)29(18(28)31)12-2-3-15-11(6-12)9-26-27-15/h2-3,6-7,9-10H,1,4-5H2,(H,26,27). The maximum absolute atomic E-state index is 13.4. The van der Waals surface area contributed by atoms with Crippen LogP contribution in [-0.4, -0.2) is 31.7 Å². The van der Waals surface area contributed by atoms with Gasteiger partial charge in [0.2, 0.25) is 0 Å². The van der Waals surface area contributed by atoms with Crippen molar-refractivity contribution in [2.24, 2.45) is 0 Å². The van der Waals surface area contributed by atoms with Gasteiger partial charge in [-0.15, -0.1) is 0 Å². The topological polar surface area (TPSA) is 88.9 Å². The van der Waals surface area contributed by atoms with Crippen LogP contribution in [0.15, 0.2) is 36.7 Å². The van der Waals surface area contributed by atoms with Crippen LogP contribution in [0.2, 0.25) is 0 Å². The Hall–Kier alpha value is -3.52. The summed E-state index contributed by atoms with van der Waals surface area (Å²) in [4.78, 5) is 19.9. The Balaban J connectivity index is 1.63. The predicted molar refractivity (Wildman–Crippen MR) is 109 cm³/mol. The largest absolute Gasteiger partial charge is 0.419 e. The monoisotopic (exact) mass is 442 g/mol. The molecule has 1 aliphatic heterocycles. The highest BCUT2D eigenvalue weighted by molar-refractivity contribution is 7.81. The quantitative estimate of drug-likeness (QED) is 0.606. The minimum absolute atomic E-state index is 0.0761. The molecule has 1 saturated carbocycles. The van der Waals surface area contributed by atoms with E-state index >= 15 is 0 Å². The van der Waals surface area contributed by atoms with Crippen LogP contribution < -0.4 is 9.80 Å². The Labute approximate surface area is 179 Å². The van der Waals surface area contributed by atoms with Crippen molar-refractivity contribution in [3.8, 4) is 6.07 Å². The number of nitrogens with zero attached hydrogens (tertiary/aromatic N) is 5. The number of thiocarbonyl (C=S) groups is 1. The minimum atomic E-state index is -4.79. The number of hydrogen-bond acceptors (Lipinski definition) is 5. The summed E-state index contributed by atoms with van der Waals surface area (Å²) in [7, 11) is 0. The van der Waals surface area contributed by atoms with Gasteiger partial charge in [-0.1, -0.05) is 0 Å². The number of anilines is 2. The van der Waals surface area contributed by atoms with Gasteiger partial charge >= 0.3 is 6.18 Å². The molecule has 2 aromatic heterocycles. The lowest BCUT2D eigenvalue weighted by molar-refractivity contribution is -0.138. The molecule has 1 saturated heterocycles. The summed E-state index contributed by atoms with van der Waals surface area (Å²) in [6, 6.07) is 7.64. The smallest absolute Gasteiger partial charge is 0.303 e. The molecule has 1 N–H and O–H groups in total. The SMILES string of the molecule is N#Cc1ncc(N2C(=O)C3(CCC3)N(c3ccc4[nH]ncc4c3)C2=S)cc1C(F)(F)F. The molecule has 0 bridgehead atoms. The molecule has 0 unspecified atom stereocenters. The van der Waals surface area contributed by atoms with E-state index in [-0.39, 0.29) is 10.8 Å². The number of alkyl halides is 3. The third kappa shape index (κ3) is 2.71. The fraction of sp³-hybridized carbons (Fsp3) is 0.250. The van der Waals surface area contributed by atoms with Crippen LogP contribution >= 0.6 is 12.2 Å². The lowest BCUT2D eigenvalue weighted by atomic mass is 9.75. The molecule has 2 fully saturated rings. The molecule has 1 spiro atoms. The van der Waals surface area contributed by atoms with Crippen molar-refractivity contribution in [1.29, 1.82) is 5.26 Å². The van der Waals surface area contributed by atoms with E-state index in [0.29, 0.717) is 18.5 Å². The van der Waals surface area contributed by atoms with Gasteiger partial charge in [0.15, 0.2) is 10.8 Å². The first-order valence-electron chi connectivity index (χ1n) is 9.35. The van der Waals surface area contributed by atoms with Crippen molar-refractivity contribution in [1.82, 2.24) is 15.2 Å². The third-order valence-electron chi connectivity index (χ3n) is 5.82. The van der Waals surface area contributed by atoms with Gasteiger partial charge in [0.25, 0.3) is 5.91 Å². The molecule has 0 radical (unpaired) electrons. The molecule has 1 aliphatic carbocycles. The zero-order chi connectivity index (χ0) is 22.0. The van der Waals surface area contributed by atoms with E-state index in [1.807, 2.05) is 12.1 Å². The van der Waals surface area contributed by atoms with Crippen LogP contribution in [0.4, 0.5) is 24.5 Å². The molecular weight excluding hydrogens is 429 g/mol. The summed E-state index contributed by atoms with van der Waals surface area (Å²) < 4.78 is 40.3. The van der Waals surface area contributed by atoms with Crippen LogP contribution in [0, 0.1) is 11.3 Å². The predicted octanol–water partition coefficient (Wildman–Crippen LogP) is 3.91. The van der Waals surface area contributed by atoms with E-state index in [9.17, 15) is 18.0 Å². The van der Waals surface area contributed by atoms with Gasteiger partial charge in [-0.3, -0.25) is 14.8 Å². The molecule has 3 aromatic rings. The third-order valence-corrected chi connectivity index (χ3v) is 6.18. The van der Waals surface area contributed by atoms with Crippen molar-refractivity contribution < 1.29 is 18.0 Å². The fourth-order valence-electron chi connectivity index (χ4n) is 4.16. The fourth-order valence-corrected chi connectivity index (χ4v) is 4.63. The highest BCUT2D eigenvalue weighted by Gasteiger charge is 2.59. The summed E-state index contributed by atoms with van der Waals surface area (Å²) in [5.74, 6) is -0.393. The average molecular weight is 442 g/mol. The number of pyridine rings is 1. The maximum atomic E-state index is 13.4. The summed E-state index contributed by atoms with van der Waals surface area (Å²) >= 11 is 5.59. The number of aromatic amines is 1. The second kappa shape index (κ2) is 6.49. The van der Waals surface area contributed by atoms with Gasteiger partial charge in [0, 0.05) is 11.1 Å². The summed E-state index contributed by atoms with van der Waals surface area (Å²) in [5.41, 5.74) is -1.54. The maximum Gasteiger partial charge on any atom is 0.419 e. The number of hydrogen-bond donors (Lipinski definition) is 1. The lowest BCUT2D eigenvalue weighted by Crippen LogP contribution is -2.55. The van der Waals surface area contributed by atoms with E-state index < -0.39 is 28.9 Å². The van der Waals surface area contributed by atoms with Crippen LogP contribution in [0.25, 0.3) is 10.9 Å². The second-order valence-electron chi connectivity index (χ2n) is 7.48. The molecule has 1 aromatic carbocycles. The van der Waals surface area contributed by atoms with Crippen LogP contribution in [0.1, 0.15) is 30.5 Å². The molecule has 3 heterocycles. The lowest BCUT2D eigenvalue weighted by Gasteiger charge is -2.43. The van der Waals surface area contributed by atoms with Crippen LogP contribution in [-0.2, 0) is 11.0 Å². The molecular formula is C20H13F3N6OS. The molecule has 156 valence electrons. The van der Waals surface area contributed by atoms with E-state index in [2.05, 4.69) is 15.2 Å². The molecule has 2 aliphatic rings. The number of H-pyrrole nitrogens is 1. The molecule has 5 rings (SSSR count). The van der Waals surface area contributed by atoms with Gasteiger partial charge < -0.3 is 4.90 Å². The number of halogens is 3. The normalized spacial score (nSPS) is 18.0. The molecule has 0 atom stereocenters. The zero-order valence-corrected chi connectivity index (χ0v) is 16.6. The molecule has 1 amide bonds. The first kappa shape index (κ1) is 19.4. The highest BCUT2D eigenvalue weighted by atomic mass is 32.1. The van der Waals surface area contributed by atoms with E-state index in [4.69, 9.17) is 17.5 Å². The van der Waals surface area contributed by atoms with Gasteiger partial charge in [-0.2, -0.15) is 23.5 Å². The Morgan fingerprint density at radius 2 is 1.97 bits per heavy atom. The van der Waals surface area contributed by atoms with Crippen molar-refractivity contribution in [3.05, 3.63) is 47.9 Å². The number of amides is 1. The number of carbonyl (C=O) groups excluding carboxylic acids is 1. The number of rotatable bonds is 2. The Kier molecular flexibility index (Phi) is 4.07. The van der Waals surface area contributed by atoms with Gasteiger partial charge in [0.05, 0.1) is 29.2 Å². The van der Waals surface area contributed by atoms with Crippen LogP contribution in [0.3, 0.4) is 0 Å². The van der Waals surface area contributed by atoms with E-state index in [0.717, 1.165) is 34.5 Å². The molecule has 7 nitrogen and oxygen atoms in total. The number of benzene rings is 1. The zero-order valence-electron chi connectivity index (χ0n) is 15.8. The Bertz CT molecular complexity index is 1290. The van der Waals surface area contributed by atoms with Crippen LogP contribution in [0.5, 0.6) is 0 Å². The first-order chi connectivity index (χ1) is 14.8. The Morgan fingerprint density at radius 1 is 1.19 bits per heavy atom. The van der Waals surface area contributed by atoms with Gasteiger partial charge in [0.1, 0.15) is 11.6 Å². The molecule has 11 heteroatoms.